The predicted octanol–water partition coefficient (Wildman–Crippen LogP) is 2.82. The van der Waals surface area contributed by atoms with Crippen LogP contribution in [0.4, 0.5) is 5.69 Å². The van der Waals surface area contributed by atoms with Crippen LogP contribution >= 0.6 is 0 Å². The van der Waals surface area contributed by atoms with Crippen molar-refractivity contribution in [1.29, 1.82) is 0 Å². The van der Waals surface area contributed by atoms with E-state index in [-0.39, 0.29) is 22.8 Å². The SMILES string of the molecule is CC(C)NS(=O)(=O)c1ccc(NC(=O)C(C)OC(=O)C2CCCCC2)cc1. The summed E-state index contributed by atoms with van der Waals surface area (Å²) in [7, 11) is -3.58. The third-order valence-corrected chi connectivity index (χ3v) is 6.10. The highest BCUT2D eigenvalue weighted by Gasteiger charge is 2.26. The molecule has 1 aromatic rings. The summed E-state index contributed by atoms with van der Waals surface area (Å²) in [6, 6.07) is 5.62. The summed E-state index contributed by atoms with van der Waals surface area (Å²) in [5, 5.41) is 2.64. The molecule has 0 aromatic heterocycles. The lowest BCUT2D eigenvalue weighted by molar-refractivity contribution is -0.158. The summed E-state index contributed by atoms with van der Waals surface area (Å²) in [4.78, 5) is 24.5. The highest BCUT2D eigenvalue weighted by molar-refractivity contribution is 7.89. The Morgan fingerprint density at radius 3 is 2.19 bits per heavy atom. The first-order valence-electron chi connectivity index (χ1n) is 9.33. The fourth-order valence-electron chi connectivity index (χ4n) is 3.00. The summed E-state index contributed by atoms with van der Waals surface area (Å²) in [6.45, 7) is 5.01. The first kappa shape index (κ1) is 21.4. The van der Waals surface area contributed by atoms with E-state index < -0.39 is 22.0 Å². The number of anilines is 1. The average molecular weight is 397 g/mol. The molecule has 1 aliphatic rings. The Morgan fingerprint density at radius 1 is 1.04 bits per heavy atom. The van der Waals surface area contributed by atoms with Crippen molar-refractivity contribution in [1.82, 2.24) is 4.72 Å². The second kappa shape index (κ2) is 9.32. The van der Waals surface area contributed by atoms with E-state index in [0.29, 0.717) is 5.69 Å². The normalized spacial score (nSPS) is 16.7. The van der Waals surface area contributed by atoms with Crippen LogP contribution in [-0.4, -0.2) is 32.4 Å². The van der Waals surface area contributed by atoms with Crippen LogP contribution in [0.25, 0.3) is 0 Å². The first-order chi connectivity index (χ1) is 12.7. The van der Waals surface area contributed by atoms with E-state index in [1.54, 1.807) is 13.8 Å². The Bertz CT molecular complexity index is 753. The fourth-order valence-corrected chi connectivity index (χ4v) is 4.25. The van der Waals surface area contributed by atoms with Crippen LogP contribution in [0.2, 0.25) is 0 Å². The van der Waals surface area contributed by atoms with E-state index in [9.17, 15) is 18.0 Å². The van der Waals surface area contributed by atoms with E-state index in [1.807, 2.05) is 0 Å². The van der Waals surface area contributed by atoms with Gasteiger partial charge in [0.25, 0.3) is 5.91 Å². The van der Waals surface area contributed by atoms with Crippen molar-refractivity contribution in [2.24, 2.45) is 5.92 Å². The van der Waals surface area contributed by atoms with Crippen molar-refractivity contribution in [3.8, 4) is 0 Å². The number of sulfonamides is 1. The van der Waals surface area contributed by atoms with Crippen molar-refractivity contribution < 1.29 is 22.7 Å². The number of carbonyl (C=O) groups excluding carboxylic acids is 2. The third-order valence-electron chi connectivity index (χ3n) is 4.42. The molecule has 1 saturated carbocycles. The van der Waals surface area contributed by atoms with Crippen LogP contribution < -0.4 is 10.0 Å². The fraction of sp³-hybridized carbons (Fsp3) is 0.579. The summed E-state index contributed by atoms with van der Waals surface area (Å²) in [5.74, 6) is -0.888. The summed E-state index contributed by atoms with van der Waals surface area (Å²) < 4.78 is 32.0. The van der Waals surface area contributed by atoms with Gasteiger partial charge in [-0.15, -0.1) is 0 Å². The zero-order chi connectivity index (χ0) is 20.0. The molecule has 7 nitrogen and oxygen atoms in total. The van der Waals surface area contributed by atoms with Crippen LogP contribution in [0, 0.1) is 5.92 Å². The quantitative estimate of drug-likeness (QED) is 0.690. The van der Waals surface area contributed by atoms with Gasteiger partial charge in [-0.05, 0) is 57.9 Å². The Balaban J connectivity index is 1.92. The molecule has 0 heterocycles. The lowest BCUT2D eigenvalue weighted by Gasteiger charge is -2.22. The number of amides is 1. The van der Waals surface area contributed by atoms with Gasteiger partial charge in [0.2, 0.25) is 10.0 Å². The van der Waals surface area contributed by atoms with E-state index in [4.69, 9.17) is 4.74 Å². The van der Waals surface area contributed by atoms with E-state index >= 15 is 0 Å². The van der Waals surface area contributed by atoms with Gasteiger partial charge in [0.05, 0.1) is 10.8 Å². The molecule has 2 rings (SSSR count). The van der Waals surface area contributed by atoms with Crippen molar-refractivity contribution >= 4 is 27.6 Å². The van der Waals surface area contributed by atoms with Gasteiger partial charge in [-0.25, -0.2) is 13.1 Å². The van der Waals surface area contributed by atoms with Gasteiger partial charge in [-0.2, -0.15) is 0 Å². The Kier molecular flexibility index (Phi) is 7.38. The second-order valence-electron chi connectivity index (χ2n) is 7.20. The second-order valence-corrected chi connectivity index (χ2v) is 8.92. The van der Waals surface area contributed by atoms with E-state index in [2.05, 4.69) is 10.0 Å². The average Bonchev–Trinajstić information content (AvgIpc) is 2.61. The molecule has 1 aliphatic carbocycles. The van der Waals surface area contributed by atoms with Gasteiger partial charge in [-0.1, -0.05) is 19.3 Å². The summed E-state index contributed by atoms with van der Waals surface area (Å²) in [6.07, 6.45) is 3.88. The maximum atomic E-state index is 12.2. The maximum absolute atomic E-state index is 12.2. The van der Waals surface area contributed by atoms with Crippen molar-refractivity contribution in [3.63, 3.8) is 0 Å². The van der Waals surface area contributed by atoms with Crippen molar-refractivity contribution in [2.45, 2.75) is 69.9 Å². The molecule has 0 bridgehead atoms. The van der Waals surface area contributed by atoms with Crippen molar-refractivity contribution in [2.75, 3.05) is 5.32 Å². The first-order valence-corrected chi connectivity index (χ1v) is 10.8. The number of carbonyl (C=O) groups is 2. The van der Waals surface area contributed by atoms with Crippen molar-refractivity contribution in [3.05, 3.63) is 24.3 Å². The molecule has 0 radical (unpaired) electrons. The predicted molar refractivity (Wildman–Crippen MR) is 103 cm³/mol. The molecule has 1 unspecified atom stereocenters. The molecule has 2 N–H and O–H groups in total. The van der Waals surface area contributed by atoms with Crippen LogP contribution in [0.5, 0.6) is 0 Å². The standard InChI is InChI=1S/C19H28N2O5S/c1-13(2)21-27(24,25)17-11-9-16(10-12-17)20-18(22)14(3)26-19(23)15-7-5-4-6-8-15/h9-15,21H,4-8H2,1-3H3,(H,20,22). The minimum atomic E-state index is -3.58. The molecular formula is C19H28N2O5S. The minimum absolute atomic E-state index is 0.117. The molecule has 27 heavy (non-hydrogen) atoms. The monoisotopic (exact) mass is 396 g/mol. The lowest BCUT2D eigenvalue weighted by Crippen LogP contribution is -2.33. The van der Waals surface area contributed by atoms with E-state index in [1.165, 1.54) is 31.2 Å². The van der Waals surface area contributed by atoms with Gasteiger partial charge >= 0.3 is 5.97 Å². The van der Waals surface area contributed by atoms with Gasteiger partial charge < -0.3 is 10.1 Å². The number of esters is 1. The number of hydrogen-bond acceptors (Lipinski definition) is 5. The molecule has 150 valence electrons. The topological polar surface area (TPSA) is 102 Å². The molecule has 0 aliphatic heterocycles. The molecule has 1 aromatic carbocycles. The molecule has 1 fully saturated rings. The smallest absolute Gasteiger partial charge is 0.309 e. The van der Waals surface area contributed by atoms with Gasteiger partial charge in [0, 0.05) is 11.7 Å². The highest BCUT2D eigenvalue weighted by Crippen LogP contribution is 2.25. The largest absolute Gasteiger partial charge is 0.452 e. The Labute approximate surface area is 160 Å². The number of hydrogen-bond donors (Lipinski definition) is 2. The molecule has 1 amide bonds. The maximum Gasteiger partial charge on any atom is 0.309 e. The molecule has 0 spiro atoms. The van der Waals surface area contributed by atoms with Crippen LogP contribution in [0.1, 0.15) is 52.9 Å². The minimum Gasteiger partial charge on any atom is -0.452 e. The Morgan fingerprint density at radius 2 is 1.63 bits per heavy atom. The van der Waals surface area contributed by atoms with Crippen LogP contribution in [0.3, 0.4) is 0 Å². The summed E-state index contributed by atoms with van der Waals surface area (Å²) >= 11 is 0. The lowest BCUT2D eigenvalue weighted by atomic mass is 9.89. The van der Waals surface area contributed by atoms with Gasteiger partial charge in [0.15, 0.2) is 6.10 Å². The number of ether oxygens (including phenoxy) is 1. The Hall–Kier alpha value is -1.93. The van der Waals surface area contributed by atoms with E-state index in [0.717, 1.165) is 32.1 Å². The van der Waals surface area contributed by atoms with Gasteiger partial charge in [0.1, 0.15) is 0 Å². The third kappa shape index (κ3) is 6.32. The molecule has 0 saturated heterocycles. The molecular weight excluding hydrogens is 368 g/mol. The number of benzene rings is 1. The zero-order valence-corrected chi connectivity index (χ0v) is 16.8. The molecule has 8 heteroatoms. The van der Waals surface area contributed by atoms with Crippen LogP contribution in [0.15, 0.2) is 29.2 Å². The molecule has 1 atom stereocenters. The number of rotatable bonds is 7. The summed E-state index contributed by atoms with van der Waals surface area (Å²) in [5.41, 5.74) is 0.434. The zero-order valence-electron chi connectivity index (χ0n) is 16.0. The van der Waals surface area contributed by atoms with Crippen LogP contribution in [-0.2, 0) is 24.3 Å². The number of nitrogens with one attached hydrogen (secondary N) is 2. The van der Waals surface area contributed by atoms with Gasteiger partial charge in [-0.3, -0.25) is 9.59 Å². The highest BCUT2D eigenvalue weighted by atomic mass is 32.2.